The number of primary amides is 1. The molecule has 3 atom stereocenters. The predicted octanol–water partition coefficient (Wildman–Crippen LogP) is 0.113. The lowest BCUT2D eigenvalue weighted by Crippen LogP contribution is -2.49. The second-order valence-electron chi connectivity index (χ2n) is 5.18. The molecule has 18 heavy (non-hydrogen) atoms. The summed E-state index contributed by atoms with van der Waals surface area (Å²) in [5, 5.41) is 11.5. The third kappa shape index (κ3) is 3.45. The van der Waals surface area contributed by atoms with Gasteiger partial charge >= 0.3 is 5.97 Å². The number of nitrogens with one attached hydrogen (secondary N) is 1. The number of rotatable bonds is 5. The highest BCUT2D eigenvalue weighted by Gasteiger charge is 2.35. The van der Waals surface area contributed by atoms with Gasteiger partial charge in [0.15, 0.2) is 0 Å². The third-order valence-corrected chi connectivity index (χ3v) is 3.42. The minimum absolute atomic E-state index is 0.0804. The molecule has 0 bridgehead atoms. The molecular weight excluding hydrogens is 236 g/mol. The number of nitrogens with two attached hydrogens (primary N) is 1. The van der Waals surface area contributed by atoms with E-state index >= 15 is 0 Å². The van der Waals surface area contributed by atoms with Crippen molar-refractivity contribution in [3.63, 3.8) is 0 Å². The van der Waals surface area contributed by atoms with Gasteiger partial charge in [-0.1, -0.05) is 13.8 Å². The molecule has 0 aliphatic heterocycles. The van der Waals surface area contributed by atoms with Gasteiger partial charge in [-0.05, 0) is 25.2 Å². The van der Waals surface area contributed by atoms with E-state index in [4.69, 9.17) is 10.8 Å². The number of hydrogen-bond donors (Lipinski definition) is 3. The summed E-state index contributed by atoms with van der Waals surface area (Å²) >= 11 is 0. The first kappa shape index (κ1) is 14.5. The summed E-state index contributed by atoms with van der Waals surface area (Å²) in [6, 6.07) is -0.693. The van der Waals surface area contributed by atoms with Crippen molar-refractivity contribution in [1.29, 1.82) is 0 Å². The summed E-state index contributed by atoms with van der Waals surface area (Å²) in [4.78, 5) is 33.9. The van der Waals surface area contributed by atoms with E-state index in [-0.39, 0.29) is 17.7 Å². The Hall–Kier alpha value is -1.59. The van der Waals surface area contributed by atoms with Gasteiger partial charge in [0.05, 0.1) is 5.92 Å². The molecule has 1 rings (SSSR count). The molecule has 0 aromatic rings. The summed E-state index contributed by atoms with van der Waals surface area (Å²) in [5.41, 5.74) is 5.21. The van der Waals surface area contributed by atoms with Crippen LogP contribution in [0.5, 0.6) is 0 Å². The number of hydrogen-bond acceptors (Lipinski definition) is 3. The monoisotopic (exact) mass is 256 g/mol. The molecule has 1 aliphatic rings. The van der Waals surface area contributed by atoms with Crippen LogP contribution in [0.25, 0.3) is 0 Å². The first-order valence-electron chi connectivity index (χ1n) is 6.15. The maximum Gasteiger partial charge on any atom is 0.306 e. The number of amides is 2. The fourth-order valence-electron chi connectivity index (χ4n) is 2.28. The van der Waals surface area contributed by atoms with Gasteiger partial charge in [-0.3, -0.25) is 14.4 Å². The lowest BCUT2D eigenvalue weighted by atomic mass is 10.0. The van der Waals surface area contributed by atoms with E-state index in [9.17, 15) is 14.4 Å². The summed E-state index contributed by atoms with van der Waals surface area (Å²) in [5.74, 6) is -2.55. The zero-order valence-corrected chi connectivity index (χ0v) is 10.7. The Morgan fingerprint density at radius 2 is 1.78 bits per heavy atom. The molecule has 0 heterocycles. The van der Waals surface area contributed by atoms with Gasteiger partial charge in [0, 0.05) is 5.92 Å². The van der Waals surface area contributed by atoms with E-state index in [2.05, 4.69) is 5.32 Å². The number of carboxylic acids is 1. The van der Waals surface area contributed by atoms with Crippen molar-refractivity contribution in [3.05, 3.63) is 0 Å². The van der Waals surface area contributed by atoms with E-state index in [1.54, 1.807) is 13.8 Å². The fourth-order valence-corrected chi connectivity index (χ4v) is 2.28. The van der Waals surface area contributed by atoms with Crippen LogP contribution in [-0.4, -0.2) is 28.9 Å². The van der Waals surface area contributed by atoms with Crippen molar-refractivity contribution in [1.82, 2.24) is 5.32 Å². The van der Waals surface area contributed by atoms with Crippen LogP contribution in [0.3, 0.4) is 0 Å². The van der Waals surface area contributed by atoms with Crippen LogP contribution in [-0.2, 0) is 14.4 Å². The van der Waals surface area contributed by atoms with Gasteiger partial charge < -0.3 is 16.2 Å². The van der Waals surface area contributed by atoms with Gasteiger partial charge in [-0.2, -0.15) is 0 Å². The predicted molar refractivity (Wildman–Crippen MR) is 64.4 cm³/mol. The van der Waals surface area contributed by atoms with Crippen LogP contribution in [0.2, 0.25) is 0 Å². The first-order chi connectivity index (χ1) is 8.32. The van der Waals surface area contributed by atoms with E-state index in [1.165, 1.54) is 0 Å². The van der Waals surface area contributed by atoms with E-state index in [1.807, 2.05) is 0 Å². The zero-order valence-electron chi connectivity index (χ0n) is 10.7. The van der Waals surface area contributed by atoms with Crippen molar-refractivity contribution in [2.75, 3.05) is 0 Å². The van der Waals surface area contributed by atoms with E-state index in [0.717, 1.165) is 0 Å². The Balaban J connectivity index is 2.56. The Labute approximate surface area is 106 Å². The minimum atomic E-state index is -0.861. The lowest BCUT2D eigenvalue weighted by Gasteiger charge is -2.21. The van der Waals surface area contributed by atoms with Crippen LogP contribution in [0.1, 0.15) is 33.1 Å². The zero-order chi connectivity index (χ0) is 13.9. The number of carbonyl (C=O) groups excluding carboxylic acids is 2. The van der Waals surface area contributed by atoms with Gasteiger partial charge in [0.1, 0.15) is 6.04 Å². The first-order valence-corrected chi connectivity index (χ1v) is 6.15. The third-order valence-electron chi connectivity index (χ3n) is 3.42. The van der Waals surface area contributed by atoms with Crippen LogP contribution < -0.4 is 11.1 Å². The Kier molecular flexibility index (Phi) is 4.69. The molecule has 0 radical (unpaired) electrons. The van der Waals surface area contributed by atoms with E-state index in [0.29, 0.717) is 19.3 Å². The largest absolute Gasteiger partial charge is 0.481 e. The Morgan fingerprint density at radius 1 is 1.22 bits per heavy atom. The molecule has 1 aliphatic carbocycles. The molecule has 1 saturated carbocycles. The van der Waals surface area contributed by atoms with Crippen molar-refractivity contribution in [3.8, 4) is 0 Å². The van der Waals surface area contributed by atoms with Crippen LogP contribution in [0, 0.1) is 17.8 Å². The number of aliphatic carboxylic acids is 1. The molecule has 4 N–H and O–H groups in total. The second-order valence-corrected chi connectivity index (χ2v) is 5.18. The summed E-state index contributed by atoms with van der Waals surface area (Å²) < 4.78 is 0. The molecule has 0 aromatic heterocycles. The van der Waals surface area contributed by atoms with E-state index < -0.39 is 23.8 Å². The second kappa shape index (κ2) is 5.84. The van der Waals surface area contributed by atoms with Gasteiger partial charge in [0.2, 0.25) is 11.8 Å². The number of carbonyl (C=O) groups is 3. The number of carboxylic acid groups (broad SMARTS) is 1. The van der Waals surface area contributed by atoms with Crippen molar-refractivity contribution < 1.29 is 19.5 Å². The van der Waals surface area contributed by atoms with Gasteiger partial charge in [-0.25, -0.2) is 0 Å². The van der Waals surface area contributed by atoms with Crippen molar-refractivity contribution in [2.45, 2.75) is 39.2 Å². The van der Waals surface area contributed by atoms with Crippen LogP contribution in [0.15, 0.2) is 0 Å². The molecule has 3 unspecified atom stereocenters. The quantitative estimate of drug-likeness (QED) is 0.648. The summed E-state index contributed by atoms with van der Waals surface area (Å²) in [6.45, 7) is 3.59. The highest BCUT2D eigenvalue weighted by atomic mass is 16.4. The smallest absolute Gasteiger partial charge is 0.306 e. The molecule has 2 amide bonds. The van der Waals surface area contributed by atoms with Gasteiger partial charge in [0.25, 0.3) is 0 Å². The fraction of sp³-hybridized carbons (Fsp3) is 0.750. The molecule has 102 valence electrons. The summed E-state index contributed by atoms with van der Waals surface area (Å²) in [6.07, 6.45) is 1.40. The maximum atomic E-state index is 11.9. The normalized spacial score (nSPS) is 24.8. The van der Waals surface area contributed by atoms with Crippen LogP contribution in [0.4, 0.5) is 0 Å². The average molecular weight is 256 g/mol. The highest BCUT2D eigenvalue weighted by molar-refractivity contribution is 5.88. The highest BCUT2D eigenvalue weighted by Crippen LogP contribution is 2.31. The molecule has 0 saturated heterocycles. The lowest BCUT2D eigenvalue weighted by molar-refractivity contribution is -0.141. The topological polar surface area (TPSA) is 109 Å². The molecule has 6 heteroatoms. The SMILES string of the molecule is CC(C)C(NC(=O)C1CCC(C(=O)O)C1)C(N)=O. The van der Waals surface area contributed by atoms with Gasteiger partial charge in [-0.15, -0.1) is 0 Å². The van der Waals surface area contributed by atoms with Crippen molar-refractivity contribution in [2.24, 2.45) is 23.5 Å². The molecule has 1 fully saturated rings. The Bertz CT molecular complexity index is 354. The molecule has 0 aromatic carbocycles. The van der Waals surface area contributed by atoms with Crippen molar-refractivity contribution >= 4 is 17.8 Å². The van der Waals surface area contributed by atoms with Crippen LogP contribution >= 0.6 is 0 Å². The molecular formula is C12H20N2O4. The minimum Gasteiger partial charge on any atom is -0.481 e. The summed E-state index contributed by atoms with van der Waals surface area (Å²) in [7, 11) is 0. The average Bonchev–Trinajstić information content (AvgIpc) is 2.73. The standard InChI is InChI=1S/C12H20N2O4/c1-6(2)9(10(13)15)14-11(16)7-3-4-8(5-7)12(17)18/h6-9H,3-5H2,1-2H3,(H2,13,15)(H,14,16)(H,17,18). The molecule has 0 spiro atoms. The molecule has 6 nitrogen and oxygen atoms in total. The maximum absolute atomic E-state index is 11.9. The Morgan fingerprint density at radius 3 is 2.17 bits per heavy atom.